The molecule has 1 aromatic heterocycles. The molecule has 3 rings (SSSR count). The van der Waals surface area contributed by atoms with Gasteiger partial charge in [-0.15, -0.1) is 11.3 Å². The van der Waals surface area contributed by atoms with Gasteiger partial charge in [0, 0.05) is 26.6 Å². The molecule has 31 heavy (non-hydrogen) atoms. The number of amides is 2. The third-order valence-electron chi connectivity index (χ3n) is 4.49. The summed E-state index contributed by atoms with van der Waals surface area (Å²) in [5, 5.41) is 9.86. The highest BCUT2D eigenvalue weighted by Crippen LogP contribution is 2.28. The number of ether oxygens (including phenoxy) is 2. The Morgan fingerprint density at radius 1 is 1.10 bits per heavy atom. The number of thiophene rings is 1. The fraction of sp³-hybridized carbons (Fsp3) is 0.174. The molecule has 2 amide bonds. The lowest BCUT2D eigenvalue weighted by Gasteiger charge is -2.10. The zero-order valence-electron chi connectivity index (χ0n) is 17.5. The highest BCUT2D eigenvalue weighted by Gasteiger charge is 2.14. The molecule has 0 spiro atoms. The van der Waals surface area contributed by atoms with E-state index in [9.17, 15) is 9.59 Å². The molecule has 0 fully saturated rings. The van der Waals surface area contributed by atoms with Crippen molar-refractivity contribution in [3.05, 3.63) is 71.1 Å². The largest absolute Gasteiger partial charge is 0.493 e. The van der Waals surface area contributed by atoms with Crippen LogP contribution in [0.3, 0.4) is 0 Å². The predicted molar refractivity (Wildman–Crippen MR) is 123 cm³/mol. The summed E-state index contributed by atoms with van der Waals surface area (Å²) in [5.41, 5.74) is 5.07. The first-order valence-electron chi connectivity index (χ1n) is 9.43. The van der Waals surface area contributed by atoms with E-state index < -0.39 is 11.8 Å². The zero-order chi connectivity index (χ0) is 22.4. The first-order chi connectivity index (χ1) is 14.9. The van der Waals surface area contributed by atoms with Crippen LogP contribution >= 0.6 is 11.3 Å². The fourth-order valence-electron chi connectivity index (χ4n) is 2.94. The number of rotatable bonds is 8. The minimum Gasteiger partial charge on any atom is -0.493 e. The van der Waals surface area contributed by atoms with Crippen LogP contribution in [0.1, 0.15) is 22.8 Å². The molecule has 0 aliphatic carbocycles. The molecule has 8 heteroatoms. The summed E-state index contributed by atoms with van der Waals surface area (Å²) in [4.78, 5) is 24.6. The Morgan fingerprint density at radius 3 is 2.55 bits per heavy atom. The van der Waals surface area contributed by atoms with Crippen LogP contribution in [0, 0.1) is 0 Å². The fourth-order valence-corrected chi connectivity index (χ4v) is 3.89. The Bertz CT molecular complexity index is 1170. The van der Waals surface area contributed by atoms with Crippen molar-refractivity contribution in [3.8, 4) is 11.5 Å². The van der Waals surface area contributed by atoms with Gasteiger partial charge < -0.3 is 14.8 Å². The molecule has 0 saturated carbocycles. The number of fused-ring (bicyclic) bond motifs is 1. The van der Waals surface area contributed by atoms with E-state index >= 15 is 0 Å². The molecule has 2 aromatic carbocycles. The maximum absolute atomic E-state index is 12.4. The van der Waals surface area contributed by atoms with Gasteiger partial charge in [-0.25, -0.2) is 5.43 Å². The van der Waals surface area contributed by atoms with Gasteiger partial charge in [0.25, 0.3) is 11.8 Å². The van der Waals surface area contributed by atoms with Crippen molar-refractivity contribution in [2.75, 3.05) is 20.8 Å². The van der Waals surface area contributed by atoms with E-state index in [0.717, 1.165) is 21.2 Å². The van der Waals surface area contributed by atoms with Crippen molar-refractivity contribution in [2.24, 2.45) is 5.10 Å². The van der Waals surface area contributed by atoms with Crippen LogP contribution in [-0.4, -0.2) is 38.3 Å². The van der Waals surface area contributed by atoms with Crippen molar-refractivity contribution in [3.63, 3.8) is 0 Å². The molecule has 1 heterocycles. The summed E-state index contributed by atoms with van der Waals surface area (Å²) in [5.74, 6) is 0.0776. The van der Waals surface area contributed by atoms with Crippen molar-refractivity contribution in [1.29, 1.82) is 0 Å². The highest BCUT2D eigenvalue weighted by molar-refractivity contribution is 7.17. The molecule has 0 aliphatic heterocycles. The second kappa shape index (κ2) is 9.90. The molecule has 0 aliphatic rings. The van der Waals surface area contributed by atoms with E-state index in [1.165, 1.54) is 14.2 Å². The number of benzene rings is 2. The SMILES string of the molecule is C=C(C)/C(=N/NC(=O)CNC(=O)c1ccc(OC)c(OC)c1)c1csc2ccccc12. The van der Waals surface area contributed by atoms with Crippen LogP contribution in [0.15, 0.2) is 65.1 Å². The van der Waals surface area contributed by atoms with Crippen molar-refractivity contribution < 1.29 is 19.1 Å². The average Bonchev–Trinajstić information content (AvgIpc) is 3.20. The maximum Gasteiger partial charge on any atom is 0.259 e. The minimum absolute atomic E-state index is 0.232. The number of methoxy groups -OCH3 is 2. The first-order valence-corrected chi connectivity index (χ1v) is 10.3. The van der Waals surface area contributed by atoms with Gasteiger partial charge in [0.15, 0.2) is 11.5 Å². The van der Waals surface area contributed by atoms with Crippen LogP contribution in [0.2, 0.25) is 0 Å². The van der Waals surface area contributed by atoms with Gasteiger partial charge in [0.1, 0.15) is 0 Å². The topological polar surface area (TPSA) is 89.0 Å². The molecule has 3 aromatic rings. The van der Waals surface area contributed by atoms with E-state index in [-0.39, 0.29) is 6.54 Å². The second-order valence-corrected chi connectivity index (χ2v) is 7.58. The molecule has 160 valence electrons. The Kier molecular flexibility index (Phi) is 7.04. The average molecular weight is 438 g/mol. The lowest BCUT2D eigenvalue weighted by atomic mass is 10.0. The van der Waals surface area contributed by atoms with E-state index in [1.807, 2.05) is 36.6 Å². The lowest BCUT2D eigenvalue weighted by Crippen LogP contribution is -2.35. The number of carbonyl (C=O) groups is 2. The van der Waals surface area contributed by atoms with Crippen LogP contribution in [0.5, 0.6) is 11.5 Å². The Morgan fingerprint density at radius 2 is 1.84 bits per heavy atom. The van der Waals surface area contributed by atoms with Crippen LogP contribution < -0.4 is 20.2 Å². The first kappa shape index (κ1) is 22.0. The molecule has 0 bridgehead atoms. The third kappa shape index (κ3) is 5.10. The molecule has 0 atom stereocenters. The van der Waals surface area contributed by atoms with Crippen molar-refractivity contribution >= 4 is 38.9 Å². The van der Waals surface area contributed by atoms with Crippen LogP contribution in [0.25, 0.3) is 10.1 Å². The number of hydrazone groups is 1. The van der Waals surface area contributed by atoms with Gasteiger partial charge in [-0.1, -0.05) is 24.8 Å². The minimum atomic E-state index is -0.452. The van der Waals surface area contributed by atoms with Gasteiger partial charge in [0.2, 0.25) is 0 Å². The number of hydrogen-bond donors (Lipinski definition) is 2. The van der Waals surface area contributed by atoms with Gasteiger partial charge in [0.05, 0.1) is 26.5 Å². The molecule has 2 N–H and O–H groups in total. The second-order valence-electron chi connectivity index (χ2n) is 6.67. The monoisotopic (exact) mass is 437 g/mol. The molecular formula is C23H23N3O4S. The van der Waals surface area contributed by atoms with E-state index in [0.29, 0.717) is 22.8 Å². The molecule has 0 radical (unpaired) electrons. The zero-order valence-corrected chi connectivity index (χ0v) is 18.3. The van der Waals surface area contributed by atoms with Crippen LogP contribution in [-0.2, 0) is 4.79 Å². The maximum atomic E-state index is 12.4. The van der Waals surface area contributed by atoms with Crippen LogP contribution in [0.4, 0.5) is 0 Å². The van der Waals surface area contributed by atoms with Crippen molar-refractivity contribution in [2.45, 2.75) is 6.92 Å². The number of nitrogens with one attached hydrogen (secondary N) is 2. The van der Waals surface area contributed by atoms with Gasteiger partial charge in [-0.2, -0.15) is 5.10 Å². The van der Waals surface area contributed by atoms with E-state index in [1.54, 1.807) is 29.5 Å². The van der Waals surface area contributed by atoms with Gasteiger partial charge in [-0.3, -0.25) is 9.59 Å². The molecule has 7 nitrogen and oxygen atoms in total. The van der Waals surface area contributed by atoms with E-state index in [4.69, 9.17) is 9.47 Å². The summed E-state index contributed by atoms with van der Waals surface area (Å²) in [6.07, 6.45) is 0. The Hall–Kier alpha value is -3.65. The summed E-state index contributed by atoms with van der Waals surface area (Å²) in [6, 6.07) is 12.7. The number of nitrogens with zero attached hydrogens (tertiary/aromatic N) is 1. The quantitative estimate of drug-likeness (QED) is 0.415. The normalized spacial score (nSPS) is 11.1. The summed E-state index contributed by atoms with van der Waals surface area (Å²) in [6.45, 7) is 5.57. The van der Waals surface area contributed by atoms with Gasteiger partial charge >= 0.3 is 0 Å². The number of carbonyl (C=O) groups excluding carboxylic acids is 2. The highest BCUT2D eigenvalue weighted by atomic mass is 32.1. The Balaban J connectivity index is 1.66. The standard InChI is InChI=1S/C23H23N3O4S/c1-14(2)22(17-13-31-20-8-6-5-7-16(17)20)26-25-21(27)12-24-23(28)15-9-10-18(29-3)19(11-15)30-4/h5-11,13H,1,12H2,2-4H3,(H,24,28)(H,25,27)/b26-22-. The molecule has 0 unspecified atom stereocenters. The van der Waals surface area contributed by atoms with Gasteiger partial charge in [-0.05, 0) is 36.8 Å². The summed E-state index contributed by atoms with van der Waals surface area (Å²) >= 11 is 1.60. The summed E-state index contributed by atoms with van der Waals surface area (Å²) in [7, 11) is 3.00. The number of allylic oxidation sites excluding steroid dienone is 1. The number of hydrogen-bond acceptors (Lipinski definition) is 6. The third-order valence-corrected chi connectivity index (χ3v) is 5.45. The summed E-state index contributed by atoms with van der Waals surface area (Å²) < 4.78 is 11.5. The van der Waals surface area contributed by atoms with Crippen molar-refractivity contribution in [1.82, 2.24) is 10.7 Å². The molecular weight excluding hydrogens is 414 g/mol. The lowest BCUT2D eigenvalue weighted by molar-refractivity contribution is -0.120. The Labute approximate surface area is 184 Å². The van der Waals surface area contributed by atoms with E-state index in [2.05, 4.69) is 22.4 Å². The predicted octanol–water partition coefficient (Wildman–Crippen LogP) is 3.74. The smallest absolute Gasteiger partial charge is 0.259 e. The molecule has 0 saturated heterocycles.